The number of hydrogen-bond acceptors (Lipinski definition) is 3. The van der Waals surface area contributed by atoms with Gasteiger partial charge in [0.15, 0.2) is 0 Å². The molecule has 0 N–H and O–H groups in total. The molecule has 1 aromatic heterocycles. The lowest BCUT2D eigenvalue weighted by Gasteiger charge is -2.43. The Kier molecular flexibility index (Phi) is 8.33. The molecule has 2 aliphatic heterocycles. The Hall–Kier alpha value is -6.62. The molecule has 13 rings (SSSR count). The van der Waals surface area contributed by atoms with Crippen LogP contribution in [0.25, 0.3) is 32.3 Å². The normalized spacial score (nSPS) is 14.5. The minimum absolute atomic E-state index is 0.0687. The number of anilines is 6. The lowest BCUT2D eigenvalue weighted by atomic mass is 9.36. The van der Waals surface area contributed by atoms with E-state index < -0.39 is 5.41 Å². The lowest BCUT2D eigenvalue weighted by molar-refractivity contribution is 0.785. The zero-order chi connectivity index (χ0) is 44.0. The van der Waals surface area contributed by atoms with E-state index >= 15 is 0 Å². The highest BCUT2D eigenvalue weighted by Gasteiger charge is 2.53. The van der Waals surface area contributed by atoms with Gasteiger partial charge in [-0.3, -0.25) is 0 Å². The highest BCUT2D eigenvalue weighted by atomic mass is 32.1. The summed E-state index contributed by atoms with van der Waals surface area (Å²) >= 11 is 2.01. The molecule has 0 fully saturated rings. The number of para-hydroxylation sites is 1. The molecule has 8 aromatic carbocycles. The Bertz CT molecular complexity index is 3400. The molecular weight excluding hydrogens is 804 g/mol. The van der Waals surface area contributed by atoms with Crippen molar-refractivity contribution in [1.29, 1.82) is 0 Å². The first-order chi connectivity index (χ1) is 31.6. The van der Waals surface area contributed by atoms with Crippen molar-refractivity contribution in [2.45, 2.75) is 71.6 Å². The van der Waals surface area contributed by atoms with Gasteiger partial charge < -0.3 is 9.80 Å². The van der Waals surface area contributed by atoms with Crippen LogP contribution in [0.15, 0.2) is 164 Å². The van der Waals surface area contributed by atoms with Gasteiger partial charge in [-0.2, -0.15) is 0 Å². The maximum atomic E-state index is 2.63. The molecule has 0 saturated carbocycles. The molecule has 2 aliphatic carbocycles. The van der Waals surface area contributed by atoms with Crippen molar-refractivity contribution in [2.24, 2.45) is 0 Å². The molecule has 0 atom stereocenters. The van der Waals surface area contributed by atoms with Crippen LogP contribution in [0.5, 0.6) is 0 Å². The van der Waals surface area contributed by atoms with Crippen molar-refractivity contribution in [2.75, 3.05) is 9.80 Å². The number of benzene rings is 8. The molecule has 314 valence electrons. The maximum Gasteiger partial charge on any atom is 0.264 e. The van der Waals surface area contributed by atoms with Gasteiger partial charge in [0.05, 0.1) is 11.1 Å². The van der Waals surface area contributed by atoms with Gasteiger partial charge in [-0.05, 0) is 157 Å². The second-order valence-corrected chi connectivity index (χ2v) is 21.0. The van der Waals surface area contributed by atoms with Crippen LogP contribution in [-0.2, 0) is 5.41 Å². The topological polar surface area (TPSA) is 6.48 Å². The molecule has 2 nitrogen and oxygen atoms in total. The molecule has 0 amide bonds. The average Bonchev–Trinajstić information content (AvgIpc) is 3.94. The van der Waals surface area contributed by atoms with Gasteiger partial charge in [0.1, 0.15) is 0 Å². The van der Waals surface area contributed by atoms with Gasteiger partial charge in [-0.1, -0.05) is 151 Å². The number of thiophene rings is 1. The molecule has 4 aliphatic rings. The summed E-state index contributed by atoms with van der Waals surface area (Å²) in [5.74, 6) is 1.33. The van der Waals surface area contributed by atoms with Crippen molar-refractivity contribution in [3.8, 4) is 22.3 Å². The van der Waals surface area contributed by atoms with Gasteiger partial charge in [0, 0.05) is 43.3 Å². The van der Waals surface area contributed by atoms with E-state index in [2.05, 4.69) is 222 Å². The minimum atomic E-state index is -0.413. The first-order valence-electron chi connectivity index (χ1n) is 23.6. The molecule has 4 heteroatoms. The number of aryl methyl sites for hydroxylation is 1. The number of fused-ring (bicyclic) bond motifs is 16. The van der Waals surface area contributed by atoms with E-state index in [1.807, 2.05) is 11.3 Å². The first kappa shape index (κ1) is 38.8. The van der Waals surface area contributed by atoms with Crippen LogP contribution >= 0.6 is 11.3 Å². The monoisotopic (exact) mass is 854 g/mol. The first-order valence-corrected chi connectivity index (χ1v) is 24.4. The molecule has 0 radical (unpaired) electrons. The highest BCUT2D eigenvalue weighted by molar-refractivity contribution is 7.33. The van der Waals surface area contributed by atoms with Crippen molar-refractivity contribution in [3.63, 3.8) is 0 Å². The van der Waals surface area contributed by atoms with E-state index in [4.69, 9.17) is 0 Å². The summed E-state index contributed by atoms with van der Waals surface area (Å²) in [6, 6.07) is 63.9. The SMILES string of the molecule is Cc1cc2c3c(c1)N(c1ccc(C(C)C)cc1)c1c(sc4cc5c(cc14)-c1ccc(C(C)C)cc1C51c4ccccc4-c4ccccc41)B3c1ccccc1N2c1ccc(C(C)C)cc1. The Morgan fingerprint density at radius 3 is 1.62 bits per heavy atom. The lowest BCUT2D eigenvalue weighted by Crippen LogP contribution is -2.60. The number of nitrogens with zero attached hydrogens (tertiary/aromatic N) is 2. The van der Waals surface area contributed by atoms with Gasteiger partial charge in [0.25, 0.3) is 6.71 Å². The van der Waals surface area contributed by atoms with E-state index in [0.717, 1.165) is 0 Å². The van der Waals surface area contributed by atoms with Crippen LogP contribution in [0.4, 0.5) is 34.1 Å². The molecule has 0 saturated heterocycles. The van der Waals surface area contributed by atoms with Gasteiger partial charge in [-0.25, -0.2) is 0 Å². The largest absolute Gasteiger partial charge is 0.311 e. The standard InChI is InChI=1S/C61H51BN2S/c1-35(2)39-20-25-42(26-21-39)63-54-19-13-12-18-53(54)62-58-55(63)30-38(7)31-56(58)64(43-27-22-40(23-28-43)36(3)4)59-48-33-47-46-29-24-41(37(5)6)32-51(46)61(52(47)34-57(48)65-60(59)62)49-16-10-8-14-44(49)45-15-9-11-17-50(45)61/h8-37H,1-7H3. The summed E-state index contributed by atoms with van der Waals surface area (Å²) in [6.07, 6.45) is 0. The average molecular weight is 855 g/mol. The molecule has 9 aromatic rings. The predicted molar refractivity (Wildman–Crippen MR) is 279 cm³/mol. The Morgan fingerprint density at radius 2 is 0.985 bits per heavy atom. The molecule has 1 spiro atoms. The van der Waals surface area contributed by atoms with E-state index in [1.165, 1.54) is 127 Å². The van der Waals surface area contributed by atoms with Crippen molar-refractivity contribution >= 4 is 78.0 Å². The second kappa shape index (κ2) is 13.9. The molecule has 65 heavy (non-hydrogen) atoms. The van der Waals surface area contributed by atoms with Crippen LogP contribution in [-0.4, -0.2) is 6.71 Å². The Labute approximate surface area is 387 Å². The molecule has 0 bridgehead atoms. The fraction of sp³-hybridized carbons (Fsp3) is 0.180. The summed E-state index contributed by atoms with van der Waals surface area (Å²) < 4.78 is 2.75. The zero-order valence-corrected chi connectivity index (χ0v) is 39.0. The fourth-order valence-corrected chi connectivity index (χ4v) is 13.5. The summed E-state index contributed by atoms with van der Waals surface area (Å²) in [5, 5.41) is 1.32. The van der Waals surface area contributed by atoms with E-state index in [9.17, 15) is 0 Å². The quantitative estimate of drug-likeness (QED) is 0.159. The van der Waals surface area contributed by atoms with Crippen molar-refractivity contribution in [1.82, 2.24) is 0 Å². The molecular formula is C61H51BN2S. The predicted octanol–water partition coefficient (Wildman–Crippen LogP) is 15.0. The van der Waals surface area contributed by atoms with E-state index in [1.54, 1.807) is 0 Å². The van der Waals surface area contributed by atoms with Gasteiger partial charge >= 0.3 is 0 Å². The number of hydrogen-bond donors (Lipinski definition) is 0. The summed E-state index contributed by atoms with van der Waals surface area (Å²) in [5.41, 5.74) is 26.2. The Balaban J connectivity index is 1.13. The van der Waals surface area contributed by atoms with E-state index in [0.29, 0.717) is 17.8 Å². The van der Waals surface area contributed by atoms with Crippen LogP contribution in [0.2, 0.25) is 0 Å². The minimum Gasteiger partial charge on any atom is -0.311 e. The molecule has 3 heterocycles. The van der Waals surface area contributed by atoms with Crippen molar-refractivity contribution < 1.29 is 0 Å². The highest BCUT2D eigenvalue weighted by Crippen LogP contribution is 2.64. The second-order valence-electron chi connectivity index (χ2n) is 19.9. The fourth-order valence-electron chi connectivity index (χ4n) is 12.1. The van der Waals surface area contributed by atoms with E-state index in [-0.39, 0.29) is 6.71 Å². The third kappa shape index (κ3) is 5.23. The molecule has 0 unspecified atom stereocenters. The van der Waals surface area contributed by atoms with Crippen molar-refractivity contribution in [3.05, 3.63) is 208 Å². The smallest absolute Gasteiger partial charge is 0.264 e. The van der Waals surface area contributed by atoms with Gasteiger partial charge in [-0.15, -0.1) is 11.3 Å². The summed E-state index contributed by atoms with van der Waals surface area (Å²) in [4.78, 5) is 5.17. The third-order valence-corrected chi connectivity index (χ3v) is 16.5. The van der Waals surface area contributed by atoms with Crippen LogP contribution in [0.1, 0.15) is 104 Å². The van der Waals surface area contributed by atoms with Gasteiger partial charge in [0.2, 0.25) is 0 Å². The van der Waals surface area contributed by atoms with Crippen LogP contribution < -0.4 is 25.5 Å². The Morgan fingerprint density at radius 1 is 0.462 bits per heavy atom. The number of rotatable bonds is 5. The van der Waals surface area contributed by atoms with Crippen LogP contribution in [0, 0.1) is 6.92 Å². The third-order valence-electron chi connectivity index (χ3n) is 15.3. The summed E-state index contributed by atoms with van der Waals surface area (Å²) in [7, 11) is 0. The maximum absolute atomic E-state index is 2.63. The van der Waals surface area contributed by atoms with Crippen LogP contribution in [0.3, 0.4) is 0 Å². The summed E-state index contributed by atoms with van der Waals surface area (Å²) in [6.45, 7) is 16.1. The zero-order valence-electron chi connectivity index (χ0n) is 38.2.